The number of ether oxygens (including phenoxy) is 2. The van der Waals surface area contributed by atoms with Crippen LogP contribution in [0.5, 0.6) is 5.75 Å². The topological polar surface area (TPSA) is 61.5 Å². The number of carbonyl (C=O) groups is 1. The molecule has 0 spiro atoms. The van der Waals surface area contributed by atoms with E-state index in [4.69, 9.17) is 10.5 Å². The molecule has 1 aliphatic rings. The maximum atomic E-state index is 11.0. The Balaban J connectivity index is 1.89. The molecule has 0 fully saturated rings. The molecule has 1 unspecified atom stereocenters. The van der Waals surface area contributed by atoms with Crippen molar-refractivity contribution >= 4 is 5.97 Å². The zero-order valence-electron chi connectivity index (χ0n) is 10.6. The summed E-state index contributed by atoms with van der Waals surface area (Å²) < 4.78 is 10.3. The largest absolute Gasteiger partial charge is 0.493 e. The second-order valence-electron chi connectivity index (χ2n) is 4.50. The Labute approximate surface area is 107 Å². The molecule has 4 nitrogen and oxygen atoms in total. The number of methoxy groups -OCH3 is 1. The summed E-state index contributed by atoms with van der Waals surface area (Å²) >= 11 is 0. The summed E-state index contributed by atoms with van der Waals surface area (Å²) in [4.78, 5) is 11.0. The summed E-state index contributed by atoms with van der Waals surface area (Å²) in [6.45, 7) is 0.529. The van der Waals surface area contributed by atoms with Crippen LogP contribution in [0.2, 0.25) is 0 Å². The fraction of sp³-hybridized carbons (Fsp3) is 0.500. The number of nitrogens with two attached hydrogens (primary N) is 1. The second kappa shape index (κ2) is 5.87. The van der Waals surface area contributed by atoms with E-state index < -0.39 is 0 Å². The van der Waals surface area contributed by atoms with E-state index >= 15 is 0 Å². The van der Waals surface area contributed by atoms with E-state index in [2.05, 4.69) is 10.8 Å². The lowest BCUT2D eigenvalue weighted by molar-refractivity contribution is -0.140. The van der Waals surface area contributed by atoms with Gasteiger partial charge in [-0.2, -0.15) is 0 Å². The highest BCUT2D eigenvalue weighted by molar-refractivity contribution is 5.69. The average molecular weight is 249 g/mol. The molecule has 1 aliphatic carbocycles. The van der Waals surface area contributed by atoms with E-state index in [0.29, 0.717) is 19.4 Å². The lowest BCUT2D eigenvalue weighted by atomic mass is 10.1. The zero-order valence-corrected chi connectivity index (χ0v) is 10.6. The van der Waals surface area contributed by atoms with Crippen LogP contribution in [-0.4, -0.2) is 19.7 Å². The molecular formula is C14H19NO3. The van der Waals surface area contributed by atoms with Gasteiger partial charge in [-0.3, -0.25) is 4.79 Å². The normalized spacial score (nSPS) is 17.3. The number of benzene rings is 1. The summed E-state index contributed by atoms with van der Waals surface area (Å²) in [5.41, 5.74) is 8.43. The Morgan fingerprint density at radius 3 is 3.11 bits per heavy atom. The van der Waals surface area contributed by atoms with Crippen molar-refractivity contribution in [2.45, 2.75) is 31.7 Å². The summed E-state index contributed by atoms with van der Waals surface area (Å²) in [5, 5.41) is 0. The fourth-order valence-electron chi connectivity index (χ4n) is 2.29. The quantitative estimate of drug-likeness (QED) is 0.640. The van der Waals surface area contributed by atoms with Gasteiger partial charge in [0, 0.05) is 12.5 Å². The van der Waals surface area contributed by atoms with Crippen molar-refractivity contribution in [3.05, 3.63) is 29.3 Å². The molecule has 0 saturated heterocycles. The van der Waals surface area contributed by atoms with Gasteiger partial charge in [-0.05, 0) is 36.5 Å². The number of hydrogen-bond acceptors (Lipinski definition) is 4. The molecule has 0 radical (unpaired) electrons. The van der Waals surface area contributed by atoms with Gasteiger partial charge in [0.15, 0.2) is 0 Å². The van der Waals surface area contributed by atoms with Crippen molar-refractivity contribution in [1.82, 2.24) is 0 Å². The number of rotatable bonds is 5. The SMILES string of the molecule is COC(=O)CCCOc1cccc2c1CCC2N. The van der Waals surface area contributed by atoms with Gasteiger partial charge in [-0.1, -0.05) is 12.1 Å². The van der Waals surface area contributed by atoms with Crippen LogP contribution < -0.4 is 10.5 Å². The molecule has 0 aromatic heterocycles. The van der Waals surface area contributed by atoms with Gasteiger partial charge in [0.25, 0.3) is 0 Å². The van der Waals surface area contributed by atoms with E-state index in [1.807, 2.05) is 12.1 Å². The van der Waals surface area contributed by atoms with Crippen molar-refractivity contribution < 1.29 is 14.3 Å². The monoisotopic (exact) mass is 249 g/mol. The van der Waals surface area contributed by atoms with Crippen molar-refractivity contribution in [3.8, 4) is 5.75 Å². The number of carbonyl (C=O) groups excluding carboxylic acids is 1. The molecule has 0 bridgehead atoms. The van der Waals surface area contributed by atoms with Crippen molar-refractivity contribution in [3.63, 3.8) is 0 Å². The first kappa shape index (κ1) is 12.9. The van der Waals surface area contributed by atoms with Crippen LogP contribution in [0.3, 0.4) is 0 Å². The van der Waals surface area contributed by atoms with Crippen LogP contribution in [-0.2, 0) is 16.0 Å². The molecule has 4 heteroatoms. The fourth-order valence-corrected chi connectivity index (χ4v) is 2.29. The first-order valence-electron chi connectivity index (χ1n) is 6.29. The van der Waals surface area contributed by atoms with E-state index in [-0.39, 0.29) is 12.0 Å². The lowest BCUT2D eigenvalue weighted by Crippen LogP contribution is -2.06. The van der Waals surface area contributed by atoms with E-state index in [1.54, 1.807) is 0 Å². The van der Waals surface area contributed by atoms with Gasteiger partial charge in [0.2, 0.25) is 0 Å². The van der Waals surface area contributed by atoms with Gasteiger partial charge in [-0.15, -0.1) is 0 Å². The Bertz CT molecular complexity index is 431. The predicted octanol–water partition coefficient (Wildman–Crippen LogP) is 1.96. The standard InChI is InChI=1S/C14H19NO3/c1-17-14(16)6-3-9-18-13-5-2-4-10-11(13)7-8-12(10)15/h2,4-5,12H,3,6-9,15H2,1H3. The van der Waals surface area contributed by atoms with Crippen LogP contribution in [0.25, 0.3) is 0 Å². The third kappa shape index (κ3) is 2.82. The van der Waals surface area contributed by atoms with Crippen LogP contribution in [0, 0.1) is 0 Å². The number of hydrogen-bond donors (Lipinski definition) is 1. The molecule has 2 N–H and O–H groups in total. The second-order valence-corrected chi connectivity index (χ2v) is 4.50. The average Bonchev–Trinajstić information content (AvgIpc) is 2.77. The van der Waals surface area contributed by atoms with Gasteiger partial charge < -0.3 is 15.2 Å². The van der Waals surface area contributed by atoms with Crippen LogP contribution in [0.4, 0.5) is 0 Å². The van der Waals surface area contributed by atoms with Crippen LogP contribution in [0.15, 0.2) is 18.2 Å². The highest BCUT2D eigenvalue weighted by atomic mass is 16.5. The summed E-state index contributed by atoms with van der Waals surface area (Å²) in [5.74, 6) is 0.712. The van der Waals surface area contributed by atoms with Gasteiger partial charge in [0.05, 0.1) is 13.7 Å². The molecule has 98 valence electrons. The smallest absolute Gasteiger partial charge is 0.305 e. The summed E-state index contributed by atoms with van der Waals surface area (Å²) in [6.07, 6.45) is 3.02. The van der Waals surface area contributed by atoms with Crippen LogP contribution >= 0.6 is 0 Å². The maximum absolute atomic E-state index is 11.0. The van der Waals surface area contributed by atoms with E-state index in [9.17, 15) is 4.79 Å². The molecule has 18 heavy (non-hydrogen) atoms. The van der Waals surface area contributed by atoms with Crippen molar-refractivity contribution in [1.29, 1.82) is 0 Å². The van der Waals surface area contributed by atoms with Gasteiger partial charge in [0.1, 0.15) is 5.75 Å². The molecule has 0 amide bonds. The molecule has 2 rings (SSSR count). The highest BCUT2D eigenvalue weighted by Gasteiger charge is 2.21. The Morgan fingerprint density at radius 2 is 2.33 bits per heavy atom. The van der Waals surface area contributed by atoms with Crippen LogP contribution in [0.1, 0.15) is 36.4 Å². The molecule has 1 aromatic rings. The van der Waals surface area contributed by atoms with Crippen molar-refractivity contribution in [2.75, 3.05) is 13.7 Å². The third-order valence-corrected chi connectivity index (χ3v) is 3.28. The number of esters is 1. The molecule has 0 saturated carbocycles. The zero-order chi connectivity index (χ0) is 13.0. The minimum Gasteiger partial charge on any atom is -0.493 e. The summed E-state index contributed by atoms with van der Waals surface area (Å²) in [6, 6.07) is 6.14. The molecule has 1 atom stereocenters. The first-order valence-corrected chi connectivity index (χ1v) is 6.29. The molecule has 1 aromatic carbocycles. The lowest BCUT2D eigenvalue weighted by Gasteiger charge is -2.11. The minimum absolute atomic E-state index is 0.138. The Hall–Kier alpha value is -1.55. The van der Waals surface area contributed by atoms with Gasteiger partial charge in [-0.25, -0.2) is 0 Å². The minimum atomic E-state index is -0.195. The van der Waals surface area contributed by atoms with E-state index in [0.717, 1.165) is 18.6 Å². The number of fused-ring (bicyclic) bond motifs is 1. The molecule has 0 heterocycles. The first-order chi connectivity index (χ1) is 8.72. The van der Waals surface area contributed by atoms with E-state index in [1.165, 1.54) is 18.2 Å². The summed E-state index contributed by atoms with van der Waals surface area (Å²) in [7, 11) is 1.40. The predicted molar refractivity (Wildman–Crippen MR) is 68.4 cm³/mol. The highest BCUT2D eigenvalue weighted by Crippen LogP contribution is 2.35. The maximum Gasteiger partial charge on any atom is 0.305 e. The van der Waals surface area contributed by atoms with Crippen molar-refractivity contribution in [2.24, 2.45) is 5.73 Å². The Morgan fingerprint density at radius 1 is 1.50 bits per heavy atom. The third-order valence-electron chi connectivity index (χ3n) is 3.28. The Kier molecular flexibility index (Phi) is 4.20. The molecule has 0 aliphatic heterocycles. The molecular weight excluding hydrogens is 230 g/mol. The van der Waals surface area contributed by atoms with Gasteiger partial charge >= 0.3 is 5.97 Å².